The molecule has 0 radical (unpaired) electrons. The summed E-state index contributed by atoms with van der Waals surface area (Å²) in [5.41, 5.74) is 1.40. The summed E-state index contributed by atoms with van der Waals surface area (Å²) in [6.45, 7) is 4.66. The Labute approximate surface area is 101 Å². The summed E-state index contributed by atoms with van der Waals surface area (Å²) in [4.78, 5) is 2.43. The third-order valence-corrected chi connectivity index (χ3v) is 3.72. The quantitative estimate of drug-likeness (QED) is 0.807. The highest BCUT2D eigenvalue weighted by atomic mass is 79.9. The van der Waals surface area contributed by atoms with E-state index in [2.05, 4.69) is 59.1 Å². The minimum atomic E-state index is 0.949. The molecule has 1 aromatic rings. The van der Waals surface area contributed by atoms with Crippen LogP contribution >= 0.6 is 15.9 Å². The molecule has 1 saturated carbocycles. The maximum Gasteiger partial charge on any atom is 0.0230 e. The van der Waals surface area contributed by atoms with Crippen LogP contribution < -0.4 is 0 Å². The Bertz CT molecular complexity index is 320. The lowest BCUT2D eigenvalue weighted by Gasteiger charge is -2.16. The Balaban J connectivity index is 1.82. The van der Waals surface area contributed by atoms with Crippen LogP contribution in [0.3, 0.4) is 0 Å². The second-order valence-corrected chi connectivity index (χ2v) is 5.71. The van der Waals surface area contributed by atoms with Gasteiger partial charge in [0.2, 0.25) is 0 Å². The number of hydrogen-bond donors (Lipinski definition) is 0. The SMILES string of the molecule is CC1CC1CN(C)Cc1ccc(Br)cc1. The van der Waals surface area contributed by atoms with Gasteiger partial charge in [0.05, 0.1) is 0 Å². The molecule has 1 aliphatic rings. The van der Waals surface area contributed by atoms with E-state index < -0.39 is 0 Å². The van der Waals surface area contributed by atoms with Crippen molar-refractivity contribution in [2.75, 3.05) is 13.6 Å². The van der Waals surface area contributed by atoms with Crippen molar-refractivity contribution in [2.45, 2.75) is 19.9 Å². The van der Waals surface area contributed by atoms with Crippen LogP contribution in [-0.2, 0) is 6.54 Å². The van der Waals surface area contributed by atoms with Crippen molar-refractivity contribution < 1.29 is 0 Å². The number of rotatable bonds is 4. The first-order valence-corrected chi connectivity index (χ1v) is 6.37. The van der Waals surface area contributed by atoms with Crippen LogP contribution in [0.15, 0.2) is 28.7 Å². The zero-order valence-electron chi connectivity index (χ0n) is 9.41. The van der Waals surface area contributed by atoms with Gasteiger partial charge in [-0.1, -0.05) is 35.0 Å². The van der Waals surface area contributed by atoms with Crippen molar-refractivity contribution >= 4 is 15.9 Å². The van der Waals surface area contributed by atoms with Crippen LogP contribution in [0.25, 0.3) is 0 Å². The predicted octanol–water partition coefficient (Wildman–Crippen LogP) is 3.54. The van der Waals surface area contributed by atoms with E-state index >= 15 is 0 Å². The lowest BCUT2D eigenvalue weighted by Crippen LogP contribution is -2.20. The van der Waals surface area contributed by atoms with Gasteiger partial charge < -0.3 is 4.90 Å². The topological polar surface area (TPSA) is 3.24 Å². The molecule has 0 saturated heterocycles. The van der Waals surface area contributed by atoms with Crippen molar-refractivity contribution in [3.8, 4) is 0 Å². The highest BCUT2D eigenvalue weighted by Gasteiger charge is 2.32. The van der Waals surface area contributed by atoms with Gasteiger partial charge in [-0.15, -0.1) is 0 Å². The molecule has 0 amide bonds. The Kier molecular flexibility index (Phi) is 3.47. The zero-order valence-corrected chi connectivity index (χ0v) is 11.0. The van der Waals surface area contributed by atoms with Gasteiger partial charge in [-0.25, -0.2) is 0 Å². The first-order chi connectivity index (χ1) is 7.15. The highest BCUT2D eigenvalue weighted by Crippen LogP contribution is 2.38. The van der Waals surface area contributed by atoms with Gasteiger partial charge in [0.1, 0.15) is 0 Å². The van der Waals surface area contributed by atoms with Gasteiger partial charge in [0.25, 0.3) is 0 Å². The molecule has 0 heterocycles. The molecular formula is C13H18BrN. The van der Waals surface area contributed by atoms with E-state index in [-0.39, 0.29) is 0 Å². The lowest BCUT2D eigenvalue weighted by molar-refractivity contribution is 0.307. The molecule has 2 atom stereocenters. The Morgan fingerprint density at radius 2 is 1.93 bits per heavy atom. The van der Waals surface area contributed by atoms with E-state index in [0.717, 1.165) is 22.9 Å². The van der Waals surface area contributed by atoms with Gasteiger partial charge in [-0.3, -0.25) is 0 Å². The van der Waals surface area contributed by atoms with E-state index in [9.17, 15) is 0 Å². The van der Waals surface area contributed by atoms with Gasteiger partial charge in [0, 0.05) is 17.6 Å². The molecule has 0 N–H and O–H groups in total. The molecule has 1 nitrogen and oxygen atoms in total. The summed E-state index contributed by atoms with van der Waals surface area (Å²) in [7, 11) is 2.22. The van der Waals surface area contributed by atoms with Gasteiger partial charge >= 0.3 is 0 Å². The second-order valence-electron chi connectivity index (χ2n) is 4.80. The molecule has 15 heavy (non-hydrogen) atoms. The smallest absolute Gasteiger partial charge is 0.0230 e. The van der Waals surface area contributed by atoms with Crippen LogP contribution in [0.4, 0.5) is 0 Å². The Morgan fingerprint density at radius 3 is 2.47 bits per heavy atom. The summed E-state index contributed by atoms with van der Waals surface area (Å²) in [6.07, 6.45) is 1.42. The van der Waals surface area contributed by atoms with Crippen LogP contribution in [0.5, 0.6) is 0 Å². The number of halogens is 1. The number of nitrogens with zero attached hydrogens (tertiary/aromatic N) is 1. The standard InChI is InChI=1S/C13H18BrN/c1-10-7-12(10)9-15(2)8-11-3-5-13(14)6-4-11/h3-6,10,12H,7-9H2,1-2H3. The van der Waals surface area contributed by atoms with Gasteiger partial charge in [0.15, 0.2) is 0 Å². The predicted molar refractivity (Wildman–Crippen MR) is 67.7 cm³/mol. The number of benzene rings is 1. The maximum absolute atomic E-state index is 3.46. The third-order valence-electron chi connectivity index (χ3n) is 3.19. The van der Waals surface area contributed by atoms with Crippen molar-refractivity contribution in [2.24, 2.45) is 11.8 Å². The Hall–Kier alpha value is -0.340. The van der Waals surface area contributed by atoms with Gasteiger partial charge in [-0.05, 0) is 43.0 Å². The molecule has 0 spiro atoms. The average Bonchev–Trinajstić information content (AvgIpc) is 2.86. The largest absolute Gasteiger partial charge is 0.302 e. The molecular weight excluding hydrogens is 250 g/mol. The van der Waals surface area contributed by atoms with E-state index in [1.165, 1.54) is 18.5 Å². The molecule has 2 rings (SSSR count). The summed E-state index contributed by atoms with van der Waals surface area (Å²) in [5, 5.41) is 0. The fourth-order valence-electron chi connectivity index (χ4n) is 2.02. The van der Waals surface area contributed by atoms with Crippen LogP contribution in [0.2, 0.25) is 0 Å². The maximum atomic E-state index is 3.46. The molecule has 0 aliphatic heterocycles. The molecule has 82 valence electrons. The highest BCUT2D eigenvalue weighted by molar-refractivity contribution is 9.10. The van der Waals surface area contributed by atoms with Gasteiger partial charge in [-0.2, -0.15) is 0 Å². The molecule has 1 fully saturated rings. The summed E-state index contributed by atoms with van der Waals surface area (Å²) >= 11 is 3.46. The monoisotopic (exact) mass is 267 g/mol. The first-order valence-electron chi connectivity index (χ1n) is 5.58. The minimum absolute atomic E-state index is 0.949. The molecule has 2 heteroatoms. The Morgan fingerprint density at radius 1 is 1.33 bits per heavy atom. The number of hydrogen-bond acceptors (Lipinski definition) is 1. The zero-order chi connectivity index (χ0) is 10.8. The summed E-state index contributed by atoms with van der Waals surface area (Å²) in [5.74, 6) is 1.91. The third kappa shape index (κ3) is 3.32. The fourth-order valence-corrected chi connectivity index (χ4v) is 2.28. The molecule has 0 aromatic heterocycles. The van der Waals surface area contributed by atoms with Crippen LogP contribution in [-0.4, -0.2) is 18.5 Å². The van der Waals surface area contributed by atoms with Crippen LogP contribution in [0, 0.1) is 11.8 Å². The average molecular weight is 268 g/mol. The summed E-state index contributed by atoms with van der Waals surface area (Å²) < 4.78 is 1.16. The van der Waals surface area contributed by atoms with Crippen molar-refractivity contribution in [1.82, 2.24) is 4.90 Å². The molecule has 2 unspecified atom stereocenters. The second kappa shape index (κ2) is 4.67. The molecule has 0 bridgehead atoms. The molecule has 1 aliphatic carbocycles. The van der Waals surface area contributed by atoms with E-state index in [4.69, 9.17) is 0 Å². The molecule has 1 aromatic carbocycles. The van der Waals surface area contributed by atoms with Crippen molar-refractivity contribution in [3.63, 3.8) is 0 Å². The first kappa shape index (κ1) is 11.2. The minimum Gasteiger partial charge on any atom is -0.302 e. The van der Waals surface area contributed by atoms with Crippen LogP contribution in [0.1, 0.15) is 18.9 Å². The van der Waals surface area contributed by atoms with E-state index in [1.807, 2.05) is 0 Å². The van der Waals surface area contributed by atoms with Crippen molar-refractivity contribution in [3.05, 3.63) is 34.3 Å². The summed E-state index contributed by atoms with van der Waals surface area (Å²) in [6, 6.07) is 8.61. The lowest BCUT2D eigenvalue weighted by atomic mass is 10.2. The van der Waals surface area contributed by atoms with E-state index in [0.29, 0.717) is 0 Å². The van der Waals surface area contributed by atoms with E-state index in [1.54, 1.807) is 0 Å². The van der Waals surface area contributed by atoms with Crippen molar-refractivity contribution in [1.29, 1.82) is 0 Å². The fraction of sp³-hybridized carbons (Fsp3) is 0.538. The normalized spacial score (nSPS) is 24.5.